The van der Waals surface area contributed by atoms with Gasteiger partial charge >= 0.3 is 17.9 Å². The lowest BCUT2D eigenvalue weighted by Gasteiger charge is -2.29. The lowest BCUT2D eigenvalue weighted by molar-refractivity contribution is -0.185. The van der Waals surface area contributed by atoms with Crippen molar-refractivity contribution in [1.82, 2.24) is 0 Å². The van der Waals surface area contributed by atoms with Crippen molar-refractivity contribution < 1.29 is 28.6 Å². The van der Waals surface area contributed by atoms with Crippen molar-refractivity contribution in [2.75, 3.05) is 13.7 Å². The van der Waals surface area contributed by atoms with Gasteiger partial charge in [-0.15, -0.1) is 0 Å². The Morgan fingerprint density at radius 2 is 1.77 bits per heavy atom. The number of rotatable bonds is 9. The Labute approximate surface area is 131 Å². The average molecular weight is 314 g/mol. The van der Waals surface area contributed by atoms with E-state index in [1.807, 2.05) is 20.8 Å². The second-order valence-electron chi connectivity index (χ2n) is 5.32. The SMILES string of the molecule is CCCCOC(=O)[C@@](CC=C(C)C)(CC(=O)OC)OC(C)=O. The maximum Gasteiger partial charge on any atom is 0.351 e. The zero-order chi connectivity index (χ0) is 17.2. The third kappa shape index (κ3) is 7.24. The summed E-state index contributed by atoms with van der Waals surface area (Å²) in [5.74, 6) is -2.02. The second kappa shape index (κ2) is 9.97. The third-order valence-electron chi connectivity index (χ3n) is 2.94. The molecule has 6 heteroatoms. The molecule has 0 aliphatic rings. The van der Waals surface area contributed by atoms with E-state index in [2.05, 4.69) is 4.74 Å². The zero-order valence-electron chi connectivity index (χ0n) is 14.1. The van der Waals surface area contributed by atoms with Gasteiger partial charge in [0.25, 0.3) is 0 Å². The van der Waals surface area contributed by atoms with Crippen LogP contribution in [0.25, 0.3) is 0 Å². The molecule has 0 bridgehead atoms. The van der Waals surface area contributed by atoms with E-state index in [0.717, 1.165) is 12.0 Å². The summed E-state index contributed by atoms with van der Waals surface area (Å²) >= 11 is 0. The Morgan fingerprint density at radius 1 is 1.14 bits per heavy atom. The van der Waals surface area contributed by atoms with E-state index in [0.29, 0.717) is 6.42 Å². The van der Waals surface area contributed by atoms with Crippen LogP contribution in [0.3, 0.4) is 0 Å². The van der Waals surface area contributed by atoms with E-state index in [-0.39, 0.29) is 19.4 Å². The first-order chi connectivity index (χ1) is 10.3. The van der Waals surface area contributed by atoms with Crippen LogP contribution in [-0.2, 0) is 28.6 Å². The summed E-state index contributed by atoms with van der Waals surface area (Å²) in [5.41, 5.74) is -0.744. The number of ether oxygens (including phenoxy) is 3. The highest BCUT2D eigenvalue weighted by Gasteiger charge is 2.45. The summed E-state index contributed by atoms with van der Waals surface area (Å²) in [5, 5.41) is 0. The van der Waals surface area contributed by atoms with E-state index in [1.165, 1.54) is 14.0 Å². The fraction of sp³-hybridized carbons (Fsp3) is 0.688. The second-order valence-corrected chi connectivity index (χ2v) is 5.32. The highest BCUT2D eigenvalue weighted by atomic mass is 16.6. The lowest BCUT2D eigenvalue weighted by atomic mass is 9.94. The highest BCUT2D eigenvalue weighted by molar-refractivity contribution is 5.88. The van der Waals surface area contributed by atoms with Crippen LogP contribution in [0, 0.1) is 0 Å². The molecule has 22 heavy (non-hydrogen) atoms. The molecule has 0 aliphatic carbocycles. The number of methoxy groups -OCH3 is 1. The maximum atomic E-state index is 12.4. The van der Waals surface area contributed by atoms with Gasteiger partial charge in [-0.3, -0.25) is 9.59 Å². The fourth-order valence-electron chi connectivity index (χ4n) is 1.74. The van der Waals surface area contributed by atoms with Crippen molar-refractivity contribution in [3.63, 3.8) is 0 Å². The molecule has 1 atom stereocenters. The molecule has 0 aliphatic heterocycles. The molecule has 0 spiro atoms. The predicted octanol–water partition coefficient (Wildman–Crippen LogP) is 2.55. The standard InChI is InChI=1S/C16H26O6/c1-6-7-10-21-15(19)16(22-13(4)17,9-8-12(2)3)11-14(18)20-5/h8H,6-7,9-11H2,1-5H3/t16-/m1/s1. The number of unbranched alkanes of at least 4 members (excludes halogenated alkanes) is 1. The molecule has 0 rings (SSSR count). The number of hydrogen-bond acceptors (Lipinski definition) is 6. The van der Waals surface area contributed by atoms with Crippen molar-refractivity contribution in [1.29, 1.82) is 0 Å². The molecular formula is C16H26O6. The van der Waals surface area contributed by atoms with Crippen LogP contribution in [0.15, 0.2) is 11.6 Å². The largest absolute Gasteiger partial charge is 0.469 e. The lowest BCUT2D eigenvalue weighted by Crippen LogP contribution is -2.46. The molecule has 0 aromatic carbocycles. The number of carbonyl (C=O) groups is 3. The van der Waals surface area contributed by atoms with Gasteiger partial charge in [-0.2, -0.15) is 0 Å². The molecule has 126 valence electrons. The van der Waals surface area contributed by atoms with Crippen molar-refractivity contribution in [2.45, 2.75) is 59.0 Å². The number of esters is 3. The van der Waals surface area contributed by atoms with Crippen LogP contribution in [-0.4, -0.2) is 37.2 Å². The molecule has 0 aromatic heterocycles. The van der Waals surface area contributed by atoms with Gasteiger partial charge in [-0.1, -0.05) is 25.0 Å². The Balaban J connectivity index is 5.40. The first-order valence-corrected chi connectivity index (χ1v) is 7.34. The van der Waals surface area contributed by atoms with Gasteiger partial charge in [-0.05, 0) is 20.3 Å². The Hall–Kier alpha value is -1.85. The van der Waals surface area contributed by atoms with Gasteiger partial charge in [0, 0.05) is 13.3 Å². The Bertz CT molecular complexity index is 422. The van der Waals surface area contributed by atoms with Crippen molar-refractivity contribution in [2.24, 2.45) is 0 Å². The van der Waals surface area contributed by atoms with Crippen LogP contribution in [0.4, 0.5) is 0 Å². The van der Waals surface area contributed by atoms with Crippen molar-refractivity contribution in [3.8, 4) is 0 Å². The first kappa shape index (κ1) is 20.1. The monoisotopic (exact) mass is 314 g/mol. The minimum absolute atomic E-state index is 0.0645. The van der Waals surface area contributed by atoms with Crippen LogP contribution in [0.1, 0.15) is 53.4 Å². The fourth-order valence-corrected chi connectivity index (χ4v) is 1.74. The summed E-state index contributed by atoms with van der Waals surface area (Å²) < 4.78 is 15.0. The van der Waals surface area contributed by atoms with Gasteiger partial charge in [0.05, 0.1) is 20.1 Å². The minimum atomic E-state index is -1.68. The summed E-state index contributed by atoms with van der Waals surface area (Å²) in [6.07, 6.45) is 2.97. The third-order valence-corrected chi connectivity index (χ3v) is 2.94. The number of hydrogen-bond donors (Lipinski definition) is 0. The van der Waals surface area contributed by atoms with E-state index >= 15 is 0 Å². The molecule has 6 nitrogen and oxygen atoms in total. The van der Waals surface area contributed by atoms with Crippen LogP contribution < -0.4 is 0 Å². The highest BCUT2D eigenvalue weighted by Crippen LogP contribution is 2.26. The molecule has 0 amide bonds. The van der Waals surface area contributed by atoms with Gasteiger partial charge in [0.1, 0.15) is 0 Å². The topological polar surface area (TPSA) is 78.9 Å². The predicted molar refractivity (Wildman–Crippen MR) is 81.0 cm³/mol. The quantitative estimate of drug-likeness (QED) is 0.282. The van der Waals surface area contributed by atoms with Crippen molar-refractivity contribution >= 4 is 17.9 Å². The van der Waals surface area contributed by atoms with Crippen LogP contribution in [0.2, 0.25) is 0 Å². The molecule has 0 saturated carbocycles. The minimum Gasteiger partial charge on any atom is -0.469 e. The zero-order valence-corrected chi connectivity index (χ0v) is 14.1. The molecule has 0 unspecified atom stereocenters. The molecule has 0 saturated heterocycles. The summed E-state index contributed by atoms with van der Waals surface area (Å²) in [6.45, 7) is 7.06. The maximum absolute atomic E-state index is 12.4. The summed E-state index contributed by atoms with van der Waals surface area (Å²) in [7, 11) is 1.21. The first-order valence-electron chi connectivity index (χ1n) is 7.34. The Kier molecular flexibility index (Phi) is 9.13. The van der Waals surface area contributed by atoms with Gasteiger partial charge < -0.3 is 14.2 Å². The molecule has 0 aromatic rings. The summed E-state index contributed by atoms with van der Waals surface area (Å²) in [4.78, 5) is 35.5. The van der Waals surface area contributed by atoms with E-state index in [9.17, 15) is 14.4 Å². The smallest absolute Gasteiger partial charge is 0.351 e. The van der Waals surface area contributed by atoms with Crippen LogP contribution in [0.5, 0.6) is 0 Å². The number of carbonyl (C=O) groups excluding carboxylic acids is 3. The van der Waals surface area contributed by atoms with E-state index in [1.54, 1.807) is 6.08 Å². The van der Waals surface area contributed by atoms with E-state index in [4.69, 9.17) is 9.47 Å². The van der Waals surface area contributed by atoms with Gasteiger partial charge in [-0.25, -0.2) is 4.79 Å². The molecule has 0 radical (unpaired) electrons. The van der Waals surface area contributed by atoms with Crippen LogP contribution >= 0.6 is 0 Å². The average Bonchev–Trinajstić information content (AvgIpc) is 2.44. The van der Waals surface area contributed by atoms with E-state index < -0.39 is 23.5 Å². The van der Waals surface area contributed by atoms with Gasteiger partial charge in [0.15, 0.2) is 0 Å². The number of allylic oxidation sites excluding steroid dienone is 1. The molecule has 0 heterocycles. The molecule has 0 fully saturated rings. The normalized spacial score (nSPS) is 12.8. The summed E-state index contributed by atoms with van der Waals surface area (Å²) in [6, 6.07) is 0. The van der Waals surface area contributed by atoms with Gasteiger partial charge in [0.2, 0.25) is 5.60 Å². The van der Waals surface area contributed by atoms with Crippen molar-refractivity contribution in [3.05, 3.63) is 11.6 Å². The Morgan fingerprint density at radius 3 is 2.23 bits per heavy atom. The molecule has 0 N–H and O–H groups in total. The molecular weight excluding hydrogens is 288 g/mol.